The minimum absolute atomic E-state index is 0.138. The lowest BCUT2D eigenvalue weighted by Crippen LogP contribution is -2.33. The molecule has 1 heterocycles. The fourth-order valence-corrected chi connectivity index (χ4v) is 3.13. The maximum absolute atomic E-state index is 13.8. The van der Waals surface area contributed by atoms with E-state index in [2.05, 4.69) is 10.2 Å². The molecule has 1 N–H and O–H groups in total. The van der Waals surface area contributed by atoms with Crippen LogP contribution >= 0.6 is 11.3 Å². The zero-order valence-electron chi connectivity index (χ0n) is 14.5. The average molecular weight is 362 g/mol. The lowest BCUT2D eigenvalue weighted by molar-refractivity contribution is -0.116. The van der Waals surface area contributed by atoms with Crippen LogP contribution in [0.25, 0.3) is 16.5 Å². The summed E-state index contributed by atoms with van der Waals surface area (Å²) in [6, 6.07) is 10.4. The van der Waals surface area contributed by atoms with Crippen LogP contribution in [0.15, 0.2) is 42.5 Å². The zero-order chi connectivity index (χ0) is 18.1. The van der Waals surface area contributed by atoms with Gasteiger partial charge in [-0.05, 0) is 31.3 Å². The lowest BCUT2D eigenvalue weighted by atomic mass is 10.2. The third-order valence-electron chi connectivity index (χ3n) is 3.63. The van der Waals surface area contributed by atoms with Crippen molar-refractivity contribution in [1.82, 2.24) is 10.2 Å². The summed E-state index contributed by atoms with van der Waals surface area (Å²) in [5, 5.41) is 2.84. The Kier molecular flexibility index (Phi) is 7.78. The molecular weight excluding hydrogens is 339 g/mol. The van der Waals surface area contributed by atoms with Gasteiger partial charge in [-0.15, -0.1) is 11.3 Å². The van der Waals surface area contributed by atoms with Gasteiger partial charge in [0.25, 0.3) is 0 Å². The number of benzene rings is 1. The van der Waals surface area contributed by atoms with Crippen LogP contribution in [-0.2, 0) is 9.53 Å². The van der Waals surface area contributed by atoms with Gasteiger partial charge in [-0.25, -0.2) is 4.39 Å². The van der Waals surface area contributed by atoms with Crippen LogP contribution in [0.1, 0.15) is 4.88 Å². The first-order chi connectivity index (χ1) is 12.1. The highest BCUT2D eigenvalue weighted by atomic mass is 32.1. The number of amides is 1. The molecule has 0 unspecified atom stereocenters. The van der Waals surface area contributed by atoms with Gasteiger partial charge < -0.3 is 15.0 Å². The van der Waals surface area contributed by atoms with E-state index in [1.165, 1.54) is 23.5 Å². The van der Waals surface area contributed by atoms with E-state index in [4.69, 9.17) is 4.74 Å². The predicted octanol–water partition coefficient (Wildman–Crippen LogP) is 3.26. The largest absolute Gasteiger partial charge is 0.383 e. The fraction of sp³-hybridized carbons (Fsp3) is 0.316. The molecule has 4 nitrogen and oxygen atoms in total. The Balaban J connectivity index is 1.82. The van der Waals surface area contributed by atoms with Gasteiger partial charge in [0.05, 0.1) is 6.61 Å². The van der Waals surface area contributed by atoms with Crippen molar-refractivity contribution in [1.29, 1.82) is 0 Å². The molecule has 0 aliphatic carbocycles. The van der Waals surface area contributed by atoms with Crippen molar-refractivity contribution in [2.24, 2.45) is 0 Å². The Morgan fingerprint density at radius 1 is 1.28 bits per heavy atom. The van der Waals surface area contributed by atoms with Gasteiger partial charge in [0.1, 0.15) is 5.82 Å². The van der Waals surface area contributed by atoms with E-state index in [0.717, 1.165) is 22.8 Å². The molecule has 1 aromatic carbocycles. The van der Waals surface area contributed by atoms with E-state index < -0.39 is 0 Å². The molecule has 0 atom stereocenters. The molecule has 2 rings (SSSR count). The number of ether oxygens (including phenoxy) is 1. The number of hydrogen-bond acceptors (Lipinski definition) is 4. The predicted molar refractivity (Wildman–Crippen MR) is 101 cm³/mol. The second-order valence-electron chi connectivity index (χ2n) is 5.60. The summed E-state index contributed by atoms with van der Waals surface area (Å²) < 4.78 is 18.8. The first-order valence-corrected chi connectivity index (χ1v) is 8.90. The molecular formula is C19H23FN2O2S. The van der Waals surface area contributed by atoms with Crippen molar-refractivity contribution in [3.63, 3.8) is 0 Å². The van der Waals surface area contributed by atoms with Gasteiger partial charge in [0, 0.05) is 48.1 Å². The molecule has 0 aliphatic rings. The van der Waals surface area contributed by atoms with Crippen molar-refractivity contribution >= 4 is 23.3 Å². The minimum Gasteiger partial charge on any atom is -0.383 e. The van der Waals surface area contributed by atoms with Gasteiger partial charge in [-0.3, -0.25) is 4.79 Å². The molecule has 0 saturated heterocycles. The van der Waals surface area contributed by atoms with E-state index in [1.54, 1.807) is 25.3 Å². The van der Waals surface area contributed by atoms with Gasteiger partial charge in [-0.2, -0.15) is 0 Å². The standard InChI is InChI=1S/C19H23FN2O2S/c1-22(13-14-24-2)12-11-21-19(23)10-8-15-7-9-18(25-15)16-5-3-4-6-17(16)20/h3-10H,11-14H2,1-2H3,(H,21,23)/b10-8+. The van der Waals surface area contributed by atoms with Crippen LogP contribution in [0.2, 0.25) is 0 Å². The van der Waals surface area contributed by atoms with Crippen molar-refractivity contribution < 1.29 is 13.9 Å². The van der Waals surface area contributed by atoms with Crippen LogP contribution in [-0.4, -0.2) is 51.2 Å². The third kappa shape index (κ3) is 6.42. The second kappa shape index (κ2) is 10.1. The summed E-state index contributed by atoms with van der Waals surface area (Å²) in [4.78, 5) is 15.7. The number of likely N-dealkylation sites (N-methyl/N-ethyl adjacent to an activating group) is 1. The molecule has 0 aliphatic heterocycles. The Morgan fingerprint density at radius 3 is 2.84 bits per heavy atom. The molecule has 25 heavy (non-hydrogen) atoms. The van der Waals surface area contributed by atoms with Crippen molar-refractivity contribution in [3.8, 4) is 10.4 Å². The van der Waals surface area contributed by atoms with Crippen molar-refractivity contribution in [2.75, 3.05) is 40.4 Å². The van der Waals surface area contributed by atoms with E-state index >= 15 is 0 Å². The molecule has 6 heteroatoms. The number of nitrogens with one attached hydrogen (secondary N) is 1. The topological polar surface area (TPSA) is 41.6 Å². The Hall–Kier alpha value is -2.02. The molecule has 134 valence electrons. The summed E-state index contributed by atoms with van der Waals surface area (Å²) in [5.41, 5.74) is 0.579. The maximum atomic E-state index is 13.8. The quantitative estimate of drug-likeness (QED) is 0.696. The first-order valence-electron chi connectivity index (χ1n) is 8.08. The summed E-state index contributed by atoms with van der Waals surface area (Å²) in [6.07, 6.45) is 3.26. The molecule has 1 aromatic heterocycles. The number of methoxy groups -OCH3 is 1. The summed E-state index contributed by atoms with van der Waals surface area (Å²) >= 11 is 1.45. The summed E-state index contributed by atoms with van der Waals surface area (Å²) in [5.74, 6) is -0.379. The number of thiophene rings is 1. The van der Waals surface area contributed by atoms with E-state index in [1.807, 2.05) is 25.2 Å². The van der Waals surface area contributed by atoms with E-state index in [9.17, 15) is 9.18 Å². The second-order valence-corrected chi connectivity index (χ2v) is 6.72. The number of carbonyl (C=O) groups excluding carboxylic acids is 1. The number of carbonyl (C=O) groups is 1. The Morgan fingerprint density at radius 2 is 2.08 bits per heavy atom. The Bertz CT molecular complexity index is 715. The molecule has 0 fully saturated rings. The van der Waals surface area contributed by atoms with Crippen molar-refractivity contribution in [3.05, 3.63) is 53.2 Å². The highest BCUT2D eigenvalue weighted by Gasteiger charge is 2.06. The smallest absolute Gasteiger partial charge is 0.244 e. The van der Waals surface area contributed by atoms with E-state index in [0.29, 0.717) is 18.7 Å². The third-order valence-corrected chi connectivity index (χ3v) is 4.72. The van der Waals surface area contributed by atoms with Gasteiger partial charge >= 0.3 is 0 Å². The number of nitrogens with zero attached hydrogens (tertiary/aromatic N) is 1. The van der Waals surface area contributed by atoms with Crippen molar-refractivity contribution in [2.45, 2.75) is 0 Å². The normalized spacial score (nSPS) is 11.4. The number of halogens is 1. The molecule has 0 radical (unpaired) electrons. The number of hydrogen-bond donors (Lipinski definition) is 1. The maximum Gasteiger partial charge on any atom is 0.244 e. The summed E-state index contributed by atoms with van der Waals surface area (Å²) in [6.45, 7) is 2.84. The van der Waals surface area contributed by atoms with E-state index in [-0.39, 0.29) is 11.7 Å². The first kappa shape index (κ1) is 19.3. The van der Waals surface area contributed by atoms with Crippen LogP contribution in [0.3, 0.4) is 0 Å². The number of rotatable bonds is 9. The molecule has 0 saturated carbocycles. The molecule has 0 spiro atoms. The SMILES string of the molecule is COCCN(C)CCNC(=O)/C=C/c1ccc(-c2ccccc2F)s1. The molecule has 1 amide bonds. The highest BCUT2D eigenvalue weighted by Crippen LogP contribution is 2.30. The average Bonchev–Trinajstić information content (AvgIpc) is 3.07. The van der Waals surface area contributed by atoms with Gasteiger partial charge in [0.2, 0.25) is 5.91 Å². The van der Waals surface area contributed by atoms with Crippen LogP contribution < -0.4 is 5.32 Å². The lowest BCUT2D eigenvalue weighted by Gasteiger charge is -2.15. The fourth-order valence-electron chi connectivity index (χ4n) is 2.19. The minimum atomic E-state index is -0.241. The Labute approximate surface area is 151 Å². The van der Waals surface area contributed by atoms with Gasteiger partial charge in [0.15, 0.2) is 0 Å². The van der Waals surface area contributed by atoms with Crippen LogP contribution in [0, 0.1) is 5.82 Å². The molecule has 0 bridgehead atoms. The monoisotopic (exact) mass is 362 g/mol. The zero-order valence-corrected chi connectivity index (χ0v) is 15.3. The molecule has 2 aromatic rings. The summed E-state index contributed by atoms with van der Waals surface area (Å²) in [7, 11) is 3.65. The van der Waals surface area contributed by atoms with Crippen LogP contribution in [0.5, 0.6) is 0 Å². The highest BCUT2D eigenvalue weighted by molar-refractivity contribution is 7.16. The van der Waals surface area contributed by atoms with Crippen LogP contribution in [0.4, 0.5) is 4.39 Å². The van der Waals surface area contributed by atoms with Gasteiger partial charge in [-0.1, -0.05) is 18.2 Å².